The molecule has 2 N–H and O–H groups in total. The summed E-state index contributed by atoms with van der Waals surface area (Å²) in [7, 11) is 1.60. The summed E-state index contributed by atoms with van der Waals surface area (Å²) in [4.78, 5) is 14.7. The van der Waals surface area contributed by atoms with E-state index in [1.54, 1.807) is 13.2 Å². The third-order valence-corrected chi connectivity index (χ3v) is 4.67. The number of hydrogen-bond donors (Lipinski definition) is 1. The van der Waals surface area contributed by atoms with Crippen LogP contribution in [0.2, 0.25) is 0 Å². The molecule has 0 spiro atoms. The molecular weight excluding hydrogens is 328 g/mol. The maximum absolute atomic E-state index is 12.8. The van der Waals surface area contributed by atoms with E-state index in [4.69, 9.17) is 14.9 Å². The molecule has 2 heterocycles. The molecule has 1 aromatic heterocycles. The second kappa shape index (κ2) is 6.59. The number of rotatable bonds is 3. The molecule has 132 valence electrons. The average Bonchev–Trinajstić information content (AvgIpc) is 3.11. The molecule has 0 saturated heterocycles. The number of nitrogens with zero attached hydrogens (tertiary/aromatic N) is 1. The highest BCUT2D eigenvalue weighted by atomic mass is 16.5. The summed E-state index contributed by atoms with van der Waals surface area (Å²) in [5, 5.41) is 0. The van der Waals surface area contributed by atoms with Crippen molar-refractivity contribution < 1.29 is 13.9 Å². The molecule has 1 amide bonds. The Balaban J connectivity index is 1.56. The van der Waals surface area contributed by atoms with E-state index in [0.29, 0.717) is 30.8 Å². The number of amides is 1. The number of furan rings is 1. The van der Waals surface area contributed by atoms with E-state index in [1.807, 2.05) is 53.4 Å². The summed E-state index contributed by atoms with van der Waals surface area (Å²) in [5.41, 5.74) is 9.14. The zero-order valence-electron chi connectivity index (χ0n) is 14.6. The van der Waals surface area contributed by atoms with Crippen molar-refractivity contribution in [2.75, 3.05) is 19.4 Å². The summed E-state index contributed by atoms with van der Waals surface area (Å²) in [6.07, 6.45) is 0.708. The maximum Gasteiger partial charge on any atom is 0.254 e. The SMILES string of the molecule is COc1cccc(C(=O)N2CCc3oc(-c4ccc(N)cc4)cc3C2)c1. The quantitative estimate of drug-likeness (QED) is 0.732. The number of nitrogen functional groups attached to an aromatic ring is 1. The van der Waals surface area contributed by atoms with Gasteiger partial charge in [-0.05, 0) is 48.5 Å². The van der Waals surface area contributed by atoms with Crippen LogP contribution in [0.3, 0.4) is 0 Å². The van der Waals surface area contributed by atoms with Crippen LogP contribution in [0, 0.1) is 0 Å². The van der Waals surface area contributed by atoms with Crippen LogP contribution in [-0.2, 0) is 13.0 Å². The minimum Gasteiger partial charge on any atom is -0.497 e. The average molecular weight is 348 g/mol. The first-order valence-electron chi connectivity index (χ1n) is 8.55. The molecular formula is C21H20N2O3. The molecule has 0 bridgehead atoms. The van der Waals surface area contributed by atoms with Gasteiger partial charge in [0.25, 0.3) is 5.91 Å². The van der Waals surface area contributed by atoms with Gasteiger partial charge < -0.3 is 19.8 Å². The topological polar surface area (TPSA) is 68.7 Å². The minimum atomic E-state index is 0.00443. The lowest BCUT2D eigenvalue weighted by Gasteiger charge is -2.26. The smallest absolute Gasteiger partial charge is 0.254 e. The van der Waals surface area contributed by atoms with Gasteiger partial charge >= 0.3 is 0 Å². The first kappa shape index (κ1) is 16.3. The fraction of sp³-hybridized carbons (Fsp3) is 0.190. The van der Waals surface area contributed by atoms with Crippen molar-refractivity contribution in [3.63, 3.8) is 0 Å². The van der Waals surface area contributed by atoms with E-state index >= 15 is 0 Å². The molecule has 0 aliphatic carbocycles. The fourth-order valence-corrected chi connectivity index (χ4v) is 3.23. The van der Waals surface area contributed by atoms with Crippen molar-refractivity contribution in [2.45, 2.75) is 13.0 Å². The lowest BCUT2D eigenvalue weighted by molar-refractivity contribution is 0.0729. The van der Waals surface area contributed by atoms with Crippen molar-refractivity contribution in [2.24, 2.45) is 0 Å². The van der Waals surface area contributed by atoms with Crippen LogP contribution < -0.4 is 10.5 Å². The lowest BCUT2D eigenvalue weighted by atomic mass is 10.1. The summed E-state index contributed by atoms with van der Waals surface area (Å²) in [5.74, 6) is 2.45. The summed E-state index contributed by atoms with van der Waals surface area (Å²) in [6, 6.07) is 16.9. The molecule has 0 radical (unpaired) electrons. The Morgan fingerprint density at radius 3 is 2.73 bits per heavy atom. The Bertz CT molecular complexity index is 944. The van der Waals surface area contributed by atoms with Gasteiger partial charge in [0, 0.05) is 41.9 Å². The Morgan fingerprint density at radius 2 is 1.96 bits per heavy atom. The summed E-state index contributed by atoms with van der Waals surface area (Å²) >= 11 is 0. The van der Waals surface area contributed by atoms with Gasteiger partial charge in [0.15, 0.2) is 0 Å². The van der Waals surface area contributed by atoms with Crippen molar-refractivity contribution in [3.05, 3.63) is 71.5 Å². The van der Waals surface area contributed by atoms with Gasteiger partial charge in [-0.2, -0.15) is 0 Å². The fourth-order valence-electron chi connectivity index (χ4n) is 3.23. The van der Waals surface area contributed by atoms with Crippen LogP contribution in [0.25, 0.3) is 11.3 Å². The Labute approximate surface area is 152 Å². The molecule has 0 fully saturated rings. The second-order valence-corrected chi connectivity index (χ2v) is 6.39. The highest BCUT2D eigenvalue weighted by Crippen LogP contribution is 2.30. The van der Waals surface area contributed by atoms with Crippen molar-refractivity contribution >= 4 is 11.6 Å². The molecule has 0 saturated carbocycles. The monoisotopic (exact) mass is 348 g/mol. The van der Waals surface area contributed by atoms with Crippen LogP contribution >= 0.6 is 0 Å². The van der Waals surface area contributed by atoms with Gasteiger partial charge in [-0.1, -0.05) is 6.07 Å². The van der Waals surface area contributed by atoms with E-state index in [9.17, 15) is 4.79 Å². The van der Waals surface area contributed by atoms with Gasteiger partial charge in [0.05, 0.1) is 7.11 Å². The summed E-state index contributed by atoms with van der Waals surface area (Å²) in [6.45, 7) is 1.18. The second-order valence-electron chi connectivity index (χ2n) is 6.39. The predicted octanol–water partition coefficient (Wildman–Crippen LogP) is 3.74. The third-order valence-electron chi connectivity index (χ3n) is 4.67. The Morgan fingerprint density at radius 1 is 1.15 bits per heavy atom. The van der Waals surface area contributed by atoms with Crippen LogP contribution in [0.4, 0.5) is 5.69 Å². The zero-order chi connectivity index (χ0) is 18.1. The maximum atomic E-state index is 12.8. The standard InChI is InChI=1S/C21H20N2O3/c1-25-18-4-2-3-15(11-18)21(24)23-10-9-19-16(13-23)12-20(26-19)14-5-7-17(22)8-6-14/h2-8,11-12H,9-10,13,22H2,1H3. The summed E-state index contributed by atoms with van der Waals surface area (Å²) < 4.78 is 11.2. The molecule has 1 aliphatic heterocycles. The first-order chi connectivity index (χ1) is 12.6. The number of nitrogens with two attached hydrogens (primary N) is 1. The van der Waals surface area contributed by atoms with E-state index in [-0.39, 0.29) is 5.91 Å². The number of hydrogen-bond acceptors (Lipinski definition) is 4. The van der Waals surface area contributed by atoms with Gasteiger partial charge in [0.2, 0.25) is 0 Å². The molecule has 5 nitrogen and oxygen atoms in total. The number of ether oxygens (including phenoxy) is 1. The number of methoxy groups -OCH3 is 1. The van der Waals surface area contributed by atoms with Crippen molar-refractivity contribution in [1.82, 2.24) is 4.90 Å². The van der Waals surface area contributed by atoms with Crippen LogP contribution in [-0.4, -0.2) is 24.5 Å². The molecule has 2 aromatic carbocycles. The number of anilines is 1. The predicted molar refractivity (Wildman–Crippen MR) is 100.0 cm³/mol. The molecule has 0 atom stereocenters. The Hall–Kier alpha value is -3.21. The largest absolute Gasteiger partial charge is 0.497 e. The number of fused-ring (bicyclic) bond motifs is 1. The van der Waals surface area contributed by atoms with Crippen molar-refractivity contribution in [1.29, 1.82) is 0 Å². The zero-order valence-corrected chi connectivity index (χ0v) is 14.6. The molecule has 26 heavy (non-hydrogen) atoms. The molecule has 3 aromatic rings. The lowest BCUT2D eigenvalue weighted by Crippen LogP contribution is -2.35. The van der Waals surface area contributed by atoms with Gasteiger partial charge in [0.1, 0.15) is 17.3 Å². The van der Waals surface area contributed by atoms with E-state index < -0.39 is 0 Å². The third kappa shape index (κ3) is 3.04. The molecule has 1 aliphatic rings. The van der Waals surface area contributed by atoms with E-state index in [1.165, 1.54) is 0 Å². The number of benzene rings is 2. The number of carbonyl (C=O) groups excluding carboxylic acids is 1. The number of carbonyl (C=O) groups is 1. The Kier molecular flexibility index (Phi) is 4.13. The molecule has 0 unspecified atom stereocenters. The van der Waals surface area contributed by atoms with Crippen LogP contribution in [0.15, 0.2) is 59.0 Å². The van der Waals surface area contributed by atoms with E-state index in [0.717, 1.165) is 28.3 Å². The van der Waals surface area contributed by atoms with E-state index in [2.05, 4.69) is 0 Å². The normalized spacial score (nSPS) is 13.3. The van der Waals surface area contributed by atoms with Crippen molar-refractivity contribution in [3.8, 4) is 17.1 Å². The van der Waals surface area contributed by atoms with Gasteiger partial charge in [-0.25, -0.2) is 0 Å². The van der Waals surface area contributed by atoms with Gasteiger partial charge in [-0.15, -0.1) is 0 Å². The molecule has 4 rings (SSSR count). The highest BCUT2D eigenvalue weighted by Gasteiger charge is 2.25. The highest BCUT2D eigenvalue weighted by molar-refractivity contribution is 5.94. The van der Waals surface area contributed by atoms with Gasteiger partial charge in [-0.3, -0.25) is 4.79 Å². The van der Waals surface area contributed by atoms with Crippen LogP contribution in [0.1, 0.15) is 21.7 Å². The first-order valence-corrected chi connectivity index (χ1v) is 8.55. The minimum absolute atomic E-state index is 0.00443. The molecule has 5 heteroatoms. The van der Waals surface area contributed by atoms with Crippen LogP contribution in [0.5, 0.6) is 5.75 Å².